The standard InChI is InChI=1S/C23H25F5O4/c1-5-6-16-8-7-15(11-30-16)23(27,28)32-17-10-14-9-12(2)21(18(24)13(3)29-4)31-22(14)20(26)19(17)25/h10,15-16H,2-3,5-9,11H2,1,4H3/b21-18-. The van der Waals surface area contributed by atoms with E-state index in [2.05, 4.69) is 22.6 Å². The van der Waals surface area contributed by atoms with Gasteiger partial charge in [0.1, 0.15) is 0 Å². The lowest BCUT2D eigenvalue weighted by atomic mass is 9.95. The average molecular weight is 460 g/mol. The summed E-state index contributed by atoms with van der Waals surface area (Å²) in [6.45, 7) is 8.70. The number of ether oxygens (including phenoxy) is 4. The first kappa shape index (κ1) is 24.1. The fourth-order valence-corrected chi connectivity index (χ4v) is 3.70. The van der Waals surface area contributed by atoms with Gasteiger partial charge in [-0.2, -0.15) is 22.0 Å². The van der Waals surface area contributed by atoms with Crippen LogP contribution < -0.4 is 9.47 Å². The average Bonchev–Trinajstić information content (AvgIpc) is 2.76. The van der Waals surface area contributed by atoms with Crippen molar-refractivity contribution >= 4 is 0 Å². The van der Waals surface area contributed by atoms with E-state index in [1.807, 2.05) is 6.92 Å². The molecule has 3 rings (SSSR count). The number of fused-ring (bicyclic) bond motifs is 1. The molecule has 1 fully saturated rings. The summed E-state index contributed by atoms with van der Waals surface area (Å²) in [5, 5.41) is 0. The van der Waals surface area contributed by atoms with Crippen LogP contribution in [0.5, 0.6) is 11.5 Å². The van der Waals surface area contributed by atoms with Gasteiger partial charge in [-0.3, -0.25) is 0 Å². The molecule has 0 radical (unpaired) electrons. The maximum absolute atomic E-state index is 14.7. The highest BCUT2D eigenvalue weighted by molar-refractivity contribution is 5.52. The van der Waals surface area contributed by atoms with Gasteiger partial charge in [-0.25, -0.2) is 0 Å². The first-order valence-electron chi connectivity index (χ1n) is 10.3. The molecule has 1 aromatic carbocycles. The van der Waals surface area contributed by atoms with Crippen LogP contribution in [0.2, 0.25) is 0 Å². The van der Waals surface area contributed by atoms with Gasteiger partial charge in [0.15, 0.2) is 23.0 Å². The molecule has 176 valence electrons. The molecule has 2 heterocycles. The molecule has 0 aromatic heterocycles. The Morgan fingerprint density at radius 2 is 1.97 bits per heavy atom. The Bertz CT molecular complexity index is 933. The van der Waals surface area contributed by atoms with E-state index < -0.39 is 46.7 Å². The summed E-state index contributed by atoms with van der Waals surface area (Å²) in [6, 6.07) is 0.913. The smallest absolute Gasteiger partial charge is 0.403 e. The van der Waals surface area contributed by atoms with E-state index in [0.717, 1.165) is 18.9 Å². The third kappa shape index (κ3) is 4.77. The molecule has 0 aliphatic carbocycles. The van der Waals surface area contributed by atoms with Crippen LogP contribution in [0, 0.1) is 17.6 Å². The van der Waals surface area contributed by atoms with Crippen LogP contribution in [0.25, 0.3) is 0 Å². The van der Waals surface area contributed by atoms with Crippen LogP contribution in [-0.2, 0) is 15.9 Å². The van der Waals surface area contributed by atoms with Gasteiger partial charge in [0, 0.05) is 12.0 Å². The Labute approximate surface area is 183 Å². The highest BCUT2D eigenvalue weighted by atomic mass is 19.3. The summed E-state index contributed by atoms with van der Waals surface area (Å²) in [6.07, 6.45) is -1.86. The summed E-state index contributed by atoms with van der Waals surface area (Å²) in [5.41, 5.74) is 0.0572. The number of hydrogen-bond acceptors (Lipinski definition) is 4. The van der Waals surface area contributed by atoms with Gasteiger partial charge in [-0.05, 0) is 30.9 Å². The van der Waals surface area contributed by atoms with Crippen LogP contribution >= 0.6 is 0 Å². The molecule has 9 heteroatoms. The molecule has 0 bridgehead atoms. The van der Waals surface area contributed by atoms with Crippen LogP contribution in [0.15, 0.2) is 42.1 Å². The minimum Gasteiger partial charge on any atom is -0.494 e. The summed E-state index contributed by atoms with van der Waals surface area (Å²) >= 11 is 0. The quantitative estimate of drug-likeness (QED) is 0.350. The zero-order valence-corrected chi connectivity index (χ0v) is 17.9. The predicted octanol–water partition coefficient (Wildman–Crippen LogP) is 6.36. The number of allylic oxidation sites excluding steroid dienone is 2. The fourth-order valence-electron chi connectivity index (χ4n) is 3.70. The normalized spacial score (nSPS) is 22.7. The van der Waals surface area contributed by atoms with Crippen molar-refractivity contribution in [1.29, 1.82) is 0 Å². The van der Waals surface area contributed by atoms with Crippen molar-refractivity contribution in [2.24, 2.45) is 5.92 Å². The molecule has 0 amide bonds. The van der Waals surface area contributed by atoms with E-state index in [4.69, 9.17) is 9.47 Å². The van der Waals surface area contributed by atoms with E-state index in [9.17, 15) is 22.0 Å². The first-order valence-corrected chi connectivity index (χ1v) is 10.3. The molecule has 0 spiro atoms. The molecule has 2 aliphatic rings. The number of alkyl halides is 2. The predicted molar refractivity (Wildman–Crippen MR) is 107 cm³/mol. The second-order valence-corrected chi connectivity index (χ2v) is 7.83. The summed E-state index contributed by atoms with van der Waals surface area (Å²) in [7, 11) is 1.17. The number of hydrogen-bond donors (Lipinski definition) is 0. The fraction of sp³-hybridized carbons (Fsp3) is 0.478. The maximum atomic E-state index is 14.7. The molecule has 4 nitrogen and oxygen atoms in total. The summed E-state index contributed by atoms with van der Waals surface area (Å²) in [5.74, 6) is -8.03. The van der Waals surface area contributed by atoms with Crippen LogP contribution in [0.3, 0.4) is 0 Å². The minimum absolute atomic E-state index is 0.0119. The lowest BCUT2D eigenvalue weighted by Crippen LogP contribution is -2.42. The number of halogens is 5. The zero-order valence-electron chi connectivity index (χ0n) is 17.9. The Balaban J connectivity index is 1.84. The molecule has 0 saturated carbocycles. The molecule has 1 saturated heterocycles. The SMILES string of the molecule is C=C(OC)/C(F)=C1/Oc2c(cc(OC(F)(F)C3CCC(CCC)OC3)c(F)c2F)CC1=C. The maximum Gasteiger partial charge on any atom is 0.403 e. The van der Waals surface area contributed by atoms with Crippen molar-refractivity contribution < 1.29 is 40.9 Å². The molecule has 2 atom stereocenters. The van der Waals surface area contributed by atoms with Gasteiger partial charge in [-0.15, -0.1) is 0 Å². The Morgan fingerprint density at radius 1 is 1.25 bits per heavy atom. The minimum atomic E-state index is -3.78. The summed E-state index contributed by atoms with van der Waals surface area (Å²) in [4.78, 5) is 0. The Kier molecular flexibility index (Phi) is 7.17. The Morgan fingerprint density at radius 3 is 2.56 bits per heavy atom. The number of methoxy groups -OCH3 is 1. The second kappa shape index (κ2) is 9.52. The van der Waals surface area contributed by atoms with Crippen molar-refractivity contribution in [3.63, 3.8) is 0 Å². The second-order valence-electron chi connectivity index (χ2n) is 7.83. The first-order chi connectivity index (χ1) is 15.1. The van der Waals surface area contributed by atoms with Crippen molar-refractivity contribution in [3.05, 3.63) is 59.3 Å². The van der Waals surface area contributed by atoms with Crippen molar-refractivity contribution in [2.75, 3.05) is 13.7 Å². The summed E-state index contributed by atoms with van der Waals surface area (Å²) < 4.78 is 93.0. The highest BCUT2D eigenvalue weighted by Crippen LogP contribution is 2.43. The van der Waals surface area contributed by atoms with Crippen LogP contribution in [0.4, 0.5) is 22.0 Å². The molecule has 1 aromatic rings. The van der Waals surface area contributed by atoms with Gasteiger partial charge in [0.05, 0.1) is 25.7 Å². The third-order valence-electron chi connectivity index (χ3n) is 5.53. The van der Waals surface area contributed by atoms with Gasteiger partial charge < -0.3 is 18.9 Å². The van der Waals surface area contributed by atoms with Gasteiger partial charge in [0.25, 0.3) is 0 Å². The number of rotatable bonds is 7. The van der Waals surface area contributed by atoms with E-state index in [0.29, 0.717) is 6.42 Å². The Hall–Kier alpha value is -2.55. The van der Waals surface area contributed by atoms with Crippen LogP contribution in [0.1, 0.15) is 38.2 Å². The highest BCUT2D eigenvalue weighted by Gasteiger charge is 2.45. The van der Waals surface area contributed by atoms with E-state index in [1.54, 1.807) is 0 Å². The molecular weight excluding hydrogens is 435 g/mol. The van der Waals surface area contributed by atoms with E-state index in [-0.39, 0.29) is 42.4 Å². The van der Waals surface area contributed by atoms with Gasteiger partial charge in [-0.1, -0.05) is 26.5 Å². The van der Waals surface area contributed by atoms with E-state index in [1.165, 1.54) is 7.11 Å². The molecule has 0 N–H and O–H groups in total. The third-order valence-corrected chi connectivity index (χ3v) is 5.53. The molecule has 2 aliphatic heterocycles. The number of benzene rings is 1. The van der Waals surface area contributed by atoms with Gasteiger partial charge >= 0.3 is 6.11 Å². The van der Waals surface area contributed by atoms with Crippen LogP contribution in [-0.4, -0.2) is 25.9 Å². The van der Waals surface area contributed by atoms with Gasteiger partial charge in [0.2, 0.25) is 17.5 Å². The zero-order chi connectivity index (χ0) is 23.6. The molecular formula is C23H25F5O4. The lowest BCUT2D eigenvalue weighted by molar-refractivity contribution is -0.242. The monoisotopic (exact) mass is 460 g/mol. The van der Waals surface area contributed by atoms with Crippen molar-refractivity contribution in [2.45, 2.75) is 51.2 Å². The topological polar surface area (TPSA) is 36.9 Å². The van der Waals surface area contributed by atoms with Crippen molar-refractivity contribution in [1.82, 2.24) is 0 Å². The largest absolute Gasteiger partial charge is 0.494 e. The van der Waals surface area contributed by atoms with Crippen molar-refractivity contribution in [3.8, 4) is 11.5 Å². The molecule has 2 unspecified atom stereocenters. The van der Waals surface area contributed by atoms with E-state index >= 15 is 0 Å². The molecule has 32 heavy (non-hydrogen) atoms. The lowest BCUT2D eigenvalue weighted by Gasteiger charge is -2.33.